The van der Waals surface area contributed by atoms with Gasteiger partial charge in [-0.2, -0.15) is 0 Å². The van der Waals surface area contributed by atoms with Gasteiger partial charge in [-0.05, 0) is 37.3 Å². The van der Waals surface area contributed by atoms with Gasteiger partial charge in [0.2, 0.25) is 0 Å². The minimum absolute atomic E-state index is 0.415. The van der Waals surface area contributed by atoms with Gasteiger partial charge in [-0.3, -0.25) is 0 Å². The highest BCUT2D eigenvalue weighted by Gasteiger charge is 2.15. The number of rotatable bonds is 4. The maximum Gasteiger partial charge on any atom is 0.0960 e. The third-order valence-corrected chi connectivity index (χ3v) is 4.36. The second kappa shape index (κ2) is 5.69. The fourth-order valence-corrected chi connectivity index (χ4v) is 3.14. The van der Waals surface area contributed by atoms with Gasteiger partial charge in [0.25, 0.3) is 0 Å². The molecule has 1 aliphatic rings. The molecule has 0 aliphatic heterocycles. The average molecular weight is 237 g/mol. The van der Waals surface area contributed by atoms with E-state index in [0.29, 0.717) is 0 Å². The highest BCUT2D eigenvalue weighted by atomic mass is 32.2. The van der Waals surface area contributed by atoms with Crippen LogP contribution in [0.2, 0.25) is 0 Å². The van der Waals surface area contributed by atoms with Gasteiger partial charge in [0.1, 0.15) is 0 Å². The zero-order chi connectivity index (χ0) is 11.4. The van der Waals surface area contributed by atoms with E-state index in [-0.39, 0.29) is 0 Å². The molecule has 0 saturated heterocycles. The molecule has 1 aromatic heterocycles. The third-order valence-electron chi connectivity index (χ3n) is 3.18. The summed E-state index contributed by atoms with van der Waals surface area (Å²) in [4.78, 5) is 4.36. The SMILES string of the molecule is C[C@H](O)c1ccc(SCC2CCCC2)nc1. The second-order valence-electron chi connectivity index (χ2n) is 4.57. The Labute approximate surface area is 101 Å². The molecule has 0 aromatic carbocycles. The van der Waals surface area contributed by atoms with Crippen molar-refractivity contribution < 1.29 is 5.11 Å². The summed E-state index contributed by atoms with van der Waals surface area (Å²) < 4.78 is 0. The molecule has 0 spiro atoms. The van der Waals surface area contributed by atoms with E-state index >= 15 is 0 Å². The van der Waals surface area contributed by atoms with Crippen LogP contribution in [0.5, 0.6) is 0 Å². The molecule has 88 valence electrons. The first-order valence-corrected chi connectivity index (χ1v) is 7.01. The fraction of sp³-hybridized carbons (Fsp3) is 0.615. The Bertz CT molecular complexity index is 317. The van der Waals surface area contributed by atoms with E-state index in [1.54, 1.807) is 13.1 Å². The van der Waals surface area contributed by atoms with Crippen molar-refractivity contribution in [3.8, 4) is 0 Å². The average Bonchev–Trinajstić information content (AvgIpc) is 2.80. The molecule has 0 unspecified atom stereocenters. The van der Waals surface area contributed by atoms with Gasteiger partial charge in [-0.15, -0.1) is 11.8 Å². The predicted molar refractivity (Wildman–Crippen MR) is 67.6 cm³/mol. The monoisotopic (exact) mass is 237 g/mol. The second-order valence-corrected chi connectivity index (χ2v) is 5.61. The van der Waals surface area contributed by atoms with Crippen LogP contribution in [0.15, 0.2) is 23.4 Å². The lowest BCUT2D eigenvalue weighted by atomic mass is 10.1. The molecule has 3 heteroatoms. The van der Waals surface area contributed by atoms with Crippen LogP contribution in [0.4, 0.5) is 0 Å². The zero-order valence-electron chi connectivity index (χ0n) is 9.72. The lowest BCUT2D eigenvalue weighted by molar-refractivity contribution is 0.198. The highest BCUT2D eigenvalue weighted by Crippen LogP contribution is 2.30. The fourth-order valence-electron chi connectivity index (χ4n) is 2.10. The summed E-state index contributed by atoms with van der Waals surface area (Å²) in [5, 5.41) is 10.5. The lowest BCUT2D eigenvalue weighted by Gasteiger charge is -2.08. The Morgan fingerprint density at radius 3 is 2.75 bits per heavy atom. The van der Waals surface area contributed by atoms with Crippen molar-refractivity contribution in [1.29, 1.82) is 0 Å². The van der Waals surface area contributed by atoms with Gasteiger partial charge in [0.15, 0.2) is 0 Å². The van der Waals surface area contributed by atoms with Gasteiger partial charge < -0.3 is 5.11 Å². The number of aromatic nitrogens is 1. The Balaban J connectivity index is 1.84. The van der Waals surface area contributed by atoms with E-state index in [2.05, 4.69) is 4.98 Å². The molecule has 1 N–H and O–H groups in total. The quantitative estimate of drug-likeness (QED) is 0.815. The van der Waals surface area contributed by atoms with Gasteiger partial charge >= 0.3 is 0 Å². The number of nitrogens with zero attached hydrogens (tertiary/aromatic N) is 1. The molecule has 1 aliphatic carbocycles. The molecule has 1 fully saturated rings. The Morgan fingerprint density at radius 2 is 2.19 bits per heavy atom. The molecule has 1 heterocycles. The lowest BCUT2D eigenvalue weighted by Crippen LogP contribution is -1.97. The van der Waals surface area contributed by atoms with Crippen LogP contribution in [0, 0.1) is 5.92 Å². The van der Waals surface area contributed by atoms with Crippen LogP contribution in [-0.2, 0) is 0 Å². The van der Waals surface area contributed by atoms with Crippen molar-refractivity contribution >= 4 is 11.8 Å². The summed E-state index contributed by atoms with van der Waals surface area (Å²) in [6, 6.07) is 3.98. The van der Waals surface area contributed by atoms with Crippen molar-refractivity contribution in [3.63, 3.8) is 0 Å². The first-order chi connectivity index (χ1) is 7.75. The van der Waals surface area contributed by atoms with E-state index in [9.17, 15) is 5.11 Å². The molecule has 0 amide bonds. The van der Waals surface area contributed by atoms with E-state index in [4.69, 9.17) is 0 Å². The maximum absolute atomic E-state index is 9.37. The summed E-state index contributed by atoms with van der Waals surface area (Å²) in [5.41, 5.74) is 0.894. The van der Waals surface area contributed by atoms with Crippen LogP contribution in [0.3, 0.4) is 0 Å². The number of hydrogen-bond acceptors (Lipinski definition) is 3. The van der Waals surface area contributed by atoms with Gasteiger partial charge in [0, 0.05) is 11.9 Å². The van der Waals surface area contributed by atoms with E-state index in [0.717, 1.165) is 16.5 Å². The minimum Gasteiger partial charge on any atom is -0.389 e. The highest BCUT2D eigenvalue weighted by molar-refractivity contribution is 7.99. The minimum atomic E-state index is -0.415. The summed E-state index contributed by atoms with van der Waals surface area (Å²) in [6.45, 7) is 1.77. The number of aliphatic hydroxyl groups excluding tert-OH is 1. The van der Waals surface area contributed by atoms with Crippen LogP contribution in [-0.4, -0.2) is 15.8 Å². The third kappa shape index (κ3) is 3.22. The Morgan fingerprint density at radius 1 is 1.44 bits per heavy atom. The predicted octanol–water partition coefficient (Wildman–Crippen LogP) is 3.42. The number of aliphatic hydroxyl groups is 1. The van der Waals surface area contributed by atoms with Crippen LogP contribution in [0.1, 0.15) is 44.3 Å². The number of thioether (sulfide) groups is 1. The molecule has 0 bridgehead atoms. The Kier molecular flexibility index (Phi) is 4.24. The molecule has 0 radical (unpaired) electrons. The largest absolute Gasteiger partial charge is 0.389 e. The van der Waals surface area contributed by atoms with Gasteiger partial charge in [0.05, 0.1) is 11.1 Å². The molecule has 1 saturated carbocycles. The molecule has 2 nitrogen and oxygen atoms in total. The topological polar surface area (TPSA) is 33.1 Å². The van der Waals surface area contributed by atoms with E-state index < -0.39 is 6.10 Å². The van der Waals surface area contributed by atoms with E-state index in [1.807, 2.05) is 23.9 Å². The van der Waals surface area contributed by atoms with Gasteiger partial charge in [-0.25, -0.2) is 4.98 Å². The summed E-state index contributed by atoms with van der Waals surface area (Å²) in [5.74, 6) is 2.09. The molecule has 1 atom stereocenters. The summed E-state index contributed by atoms with van der Waals surface area (Å²) in [7, 11) is 0. The van der Waals surface area contributed by atoms with Crippen LogP contribution < -0.4 is 0 Å². The summed E-state index contributed by atoms with van der Waals surface area (Å²) in [6.07, 6.45) is 6.94. The molecular formula is C13H19NOS. The summed E-state index contributed by atoms with van der Waals surface area (Å²) >= 11 is 1.85. The van der Waals surface area contributed by atoms with Crippen molar-refractivity contribution in [2.45, 2.75) is 43.7 Å². The molecule has 2 rings (SSSR count). The smallest absolute Gasteiger partial charge is 0.0960 e. The normalized spacial score (nSPS) is 18.9. The standard InChI is InChI=1S/C13H19NOS/c1-10(15)12-6-7-13(14-8-12)16-9-11-4-2-3-5-11/h6-8,10-11,15H,2-5,9H2,1H3/t10-/m0/s1. The van der Waals surface area contributed by atoms with Crippen molar-refractivity contribution in [3.05, 3.63) is 23.9 Å². The maximum atomic E-state index is 9.37. The number of hydrogen-bond donors (Lipinski definition) is 1. The number of pyridine rings is 1. The first kappa shape index (κ1) is 11.9. The molecule has 1 aromatic rings. The zero-order valence-corrected chi connectivity index (χ0v) is 10.5. The van der Waals surface area contributed by atoms with Gasteiger partial charge in [-0.1, -0.05) is 18.9 Å². The first-order valence-electron chi connectivity index (χ1n) is 6.02. The van der Waals surface area contributed by atoms with Crippen molar-refractivity contribution in [1.82, 2.24) is 4.98 Å². The van der Waals surface area contributed by atoms with Crippen molar-refractivity contribution in [2.24, 2.45) is 5.92 Å². The molecule has 16 heavy (non-hydrogen) atoms. The van der Waals surface area contributed by atoms with Crippen LogP contribution >= 0.6 is 11.8 Å². The molecular weight excluding hydrogens is 218 g/mol. The van der Waals surface area contributed by atoms with Crippen LogP contribution in [0.25, 0.3) is 0 Å². The van der Waals surface area contributed by atoms with E-state index in [1.165, 1.54) is 31.4 Å². The Hall–Kier alpha value is -0.540. The van der Waals surface area contributed by atoms with Crippen molar-refractivity contribution in [2.75, 3.05) is 5.75 Å².